The quantitative estimate of drug-likeness (QED) is 0.693. The maximum atomic E-state index is 11.8. The Balaban J connectivity index is 2.19. The van der Waals surface area contributed by atoms with Crippen LogP contribution in [0, 0.1) is 0 Å². The summed E-state index contributed by atoms with van der Waals surface area (Å²) in [5, 5.41) is 8.97. The highest BCUT2D eigenvalue weighted by atomic mass is 32.1. The van der Waals surface area contributed by atoms with Crippen LogP contribution >= 0.6 is 12.2 Å². The van der Waals surface area contributed by atoms with Crippen LogP contribution < -0.4 is 11.1 Å². The number of nitrogens with zero attached hydrogens (tertiary/aromatic N) is 2. The second-order valence-electron chi connectivity index (χ2n) is 3.19. The van der Waals surface area contributed by atoms with Crippen LogP contribution in [0.3, 0.4) is 0 Å². The Morgan fingerprint density at radius 3 is 2.94 bits per heavy atom. The standard InChI is InChI=1S/C10H9N5OS/c11-8(17)6-5-13-15-9(6)14-10(16)7-3-1-2-4-12-7/h1-5H,(H2,11,17)(H2,13,14,15,16). The molecule has 0 spiro atoms. The maximum Gasteiger partial charge on any atom is 0.275 e. The zero-order chi connectivity index (χ0) is 12.3. The molecule has 0 fully saturated rings. The van der Waals surface area contributed by atoms with Crippen molar-refractivity contribution in [2.75, 3.05) is 5.32 Å². The molecule has 0 bridgehead atoms. The van der Waals surface area contributed by atoms with E-state index in [-0.39, 0.29) is 10.9 Å². The third-order valence-electron chi connectivity index (χ3n) is 2.04. The van der Waals surface area contributed by atoms with Crippen LogP contribution in [0.4, 0.5) is 5.82 Å². The lowest BCUT2D eigenvalue weighted by molar-refractivity contribution is 0.102. The van der Waals surface area contributed by atoms with E-state index in [0.29, 0.717) is 17.1 Å². The van der Waals surface area contributed by atoms with Gasteiger partial charge in [0.2, 0.25) is 0 Å². The van der Waals surface area contributed by atoms with Gasteiger partial charge in [-0.25, -0.2) is 0 Å². The molecule has 2 rings (SSSR count). The fraction of sp³-hybridized carbons (Fsp3) is 0. The molecule has 1 amide bonds. The van der Waals surface area contributed by atoms with Gasteiger partial charge in [-0.2, -0.15) is 5.10 Å². The van der Waals surface area contributed by atoms with Gasteiger partial charge < -0.3 is 11.1 Å². The molecule has 0 radical (unpaired) electrons. The van der Waals surface area contributed by atoms with Gasteiger partial charge in [-0.3, -0.25) is 14.9 Å². The molecule has 0 aromatic carbocycles. The lowest BCUT2D eigenvalue weighted by Gasteiger charge is -2.03. The van der Waals surface area contributed by atoms with Gasteiger partial charge in [0.25, 0.3) is 5.91 Å². The van der Waals surface area contributed by atoms with E-state index in [4.69, 9.17) is 18.0 Å². The summed E-state index contributed by atoms with van der Waals surface area (Å²) >= 11 is 4.82. The van der Waals surface area contributed by atoms with Crippen molar-refractivity contribution in [2.45, 2.75) is 0 Å². The Bertz CT molecular complexity index is 551. The zero-order valence-electron chi connectivity index (χ0n) is 8.68. The minimum atomic E-state index is -0.354. The van der Waals surface area contributed by atoms with Gasteiger partial charge in [-0.1, -0.05) is 18.3 Å². The summed E-state index contributed by atoms with van der Waals surface area (Å²) in [6.45, 7) is 0. The van der Waals surface area contributed by atoms with Crippen LogP contribution in [-0.4, -0.2) is 26.1 Å². The predicted molar refractivity (Wildman–Crippen MR) is 66.7 cm³/mol. The van der Waals surface area contributed by atoms with Crippen LogP contribution in [0.5, 0.6) is 0 Å². The van der Waals surface area contributed by atoms with Crippen molar-refractivity contribution in [1.29, 1.82) is 0 Å². The Kier molecular flexibility index (Phi) is 3.10. The van der Waals surface area contributed by atoms with E-state index >= 15 is 0 Å². The van der Waals surface area contributed by atoms with Gasteiger partial charge in [0.05, 0.1) is 11.8 Å². The van der Waals surface area contributed by atoms with Crippen molar-refractivity contribution >= 4 is 28.9 Å². The molecule has 86 valence electrons. The smallest absolute Gasteiger partial charge is 0.275 e. The monoisotopic (exact) mass is 247 g/mol. The molecule has 0 aliphatic carbocycles. The molecule has 0 aliphatic rings. The third-order valence-corrected chi connectivity index (χ3v) is 2.26. The number of aromatic nitrogens is 3. The van der Waals surface area contributed by atoms with E-state index in [9.17, 15) is 4.79 Å². The van der Waals surface area contributed by atoms with Crippen molar-refractivity contribution < 1.29 is 4.79 Å². The van der Waals surface area contributed by atoms with E-state index in [1.165, 1.54) is 12.4 Å². The van der Waals surface area contributed by atoms with E-state index in [1.54, 1.807) is 18.2 Å². The largest absolute Gasteiger partial charge is 0.389 e. The topological polar surface area (TPSA) is 96.7 Å². The highest BCUT2D eigenvalue weighted by Crippen LogP contribution is 2.11. The lowest BCUT2D eigenvalue weighted by atomic mass is 10.3. The summed E-state index contributed by atoms with van der Waals surface area (Å²) in [5.74, 6) is 0.0144. The van der Waals surface area contributed by atoms with Gasteiger partial charge in [0, 0.05) is 6.20 Å². The number of rotatable bonds is 3. The van der Waals surface area contributed by atoms with Gasteiger partial charge >= 0.3 is 0 Å². The molecule has 2 aromatic heterocycles. The van der Waals surface area contributed by atoms with Crippen molar-refractivity contribution in [3.63, 3.8) is 0 Å². The van der Waals surface area contributed by atoms with Crippen molar-refractivity contribution in [1.82, 2.24) is 15.2 Å². The first-order chi connectivity index (χ1) is 8.18. The number of H-pyrrole nitrogens is 1. The Labute approximate surface area is 102 Å². The van der Waals surface area contributed by atoms with Gasteiger partial charge in [-0.05, 0) is 12.1 Å². The summed E-state index contributed by atoms with van der Waals surface area (Å²) in [6.07, 6.45) is 2.99. The van der Waals surface area contributed by atoms with Crippen LogP contribution in [0.2, 0.25) is 0 Å². The molecule has 7 heteroatoms. The Morgan fingerprint density at radius 1 is 1.47 bits per heavy atom. The molecule has 0 atom stereocenters. The highest BCUT2D eigenvalue weighted by Gasteiger charge is 2.12. The summed E-state index contributed by atoms with van der Waals surface area (Å²) < 4.78 is 0. The Morgan fingerprint density at radius 2 is 2.29 bits per heavy atom. The molecule has 0 unspecified atom stereocenters. The van der Waals surface area contributed by atoms with E-state index in [2.05, 4.69) is 20.5 Å². The molecule has 2 aromatic rings. The van der Waals surface area contributed by atoms with E-state index in [1.807, 2.05) is 0 Å². The Hall–Kier alpha value is -2.28. The second-order valence-corrected chi connectivity index (χ2v) is 3.63. The molecule has 6 nitrogen and oxygen atoms in total. The van der Waals surface area contributed by atoms with Crippen LogP contribution in [-0.2, 0) is 0 Å². The highest BCUT2D eigenvalue weighted by molar-refractivity contribution is 7.80. The van der Waals surface area contributed by atoms with E-state index in [0.717, 1.165) is 0 Å². The number of hydrogen-bond donors (Lipinski definition) is 3. The van der Waals surface area contributed by atoms with E-state index < -0.39 is 0 Å². The summed E-state index contributed by atoms with van der Waals surface area (Å²) in [7, 11) is 0. The number of hydrogen-bond acceptors (Lipinski definition) is 4. The van der Waals surface area contributed by atoms with Gasteiger partial charge in [0.1, 0.15) is 16.5 Å². The first-order valence-electron chi connectivity index (χ1n) is 4.74. The number of carbonyl (C=O) groups is 1. The SMILES string of the molecule is NC(=S)c1cn[nH]c1NC(=O)c1ccccn1. The number of pyridine rings is 1. The minimum absolute atomic E-state index is 0.162. The average molecular weight is 247 g/mol. The summed E-state index contributed by atoms with van der Waals surface area (Å²) in [4.78, 5) is 15.9. The number of nitrogens with one attached hydrogen (secondary N) is 2. The number of aromatic amines is 1. The molecular formula is C10H9N5OS. The fourth-order valence-electron chi connectivity index (χ4n) is 1.24. The van der Waals surface area contributed by atoms with Crippen molar-refractivity contribution in [3.8, 4) is 0 Å². The number of amides is 1. The van der Waals surface area contributed by atoms with Crippen molar-refractivity contribution in [3.05, 3.63) is 41.9 Å². The number of thiocarbonyl (C=S) groups is 1. The summed E-state index contributed by atoms with van der Waals surface area (Å²) in [6, 6.07) is 5.06. The molecule has 17 heavy (non-hydrogen) atoms. The zero-order valence-corrected chi connectivity index (χ0v) is 9.49. The first kappa shape index (κ1) is 11.2. The summed E-state index contributed by atoms with van der Waals surface area (Å²) in [5.41, 5.74) is 6.27. The first-order valence-corrected chi connectivity index (χ1v) is 5.15. The average Bonchev–Trinajstić information content (AvgIpc) is 2.78. The van der Waals surface area contributed by atoms with Crippen LogP contribution in [0.1, 0.15) is 16.1 Å². The second kappa shape index (κ2) is 4.71. The minimum Gasteiger partial charge on any atom is -0.389 e. The molecule has 2 heterocycles. The molecular weight excluding hydrogens is 238 g/mol. The van der Waals surface area contributed by atoms with Crippen LogP contribution in [0.25, 0.3) is 0 Å². The lowest BCUT2D eigenvalue weighted by Crippen LogP contribution is -2.17. The molecule has 4 N–H and O–H groups in total. The van der Waals surface area contributed by atoms with Crippen molar-refractivity contribution in [2.24, 2.45) is 5.73 Å². The molecule has 0 saturated carbocycles. The predicted octanol–water partition coefficient (Wildman–Crippen LogP) is 0.691. The fourth-order valence-corrected chi connectivity index (χ4v) is 1.40. The number of anilines is 1. The molecule has 0 saturated heterocycles. The number of nitrogens with two attached hydrogens (primary N) is 1. The normalized spacial score (nSPS) is 9.88. The van der Waals surface area contributed by atoms with Crippen LogP contribution in [0.15, 0.2) is 30.6 Å². The molecule has 0 aliphatic heterocycles. The third kappa shape index (κ3) is 2.45. The number of carbonyl (C=O) groups excluding carboxylic acids is 1. The van der Waals surface area contributed by atoms with Gasteiger partial charge in [-0.15, -0.1) is 0 Å². The van der Waals surface area contributed by atoms with Gasteiger partial charge in [0.15, 0.2) is 0 Å². The maximum absolute atomic E-state index is 11.8.